The third kappa shape index (κ3) is 2.22. The van der Waals surface area contributed by atoms with E-state index in [2.05, 4.69) is 35.8 Å². The van der Waals surface area contributed by atoms with Gasteiger partial charge in [0.2, 0.25) is 12.7 Å². The molecule has 2 aromatic rings. The Morgan fingerprint density at radius 2 is 1.86 bits per heavy atom. The second-order valence-corrected chi connectivity index (χ2v) is 6.25. The summed E-state index contributed by atoms with van der Waals surface area (Å²) in [6, 6.07) is 12.2. The predicted molar refractivity (Wildman–Crippen MR) is 85.9 cm³/mol. The van der Waals surface area contributed by atoms with E-state index < -0.39 is 0 Å². The van der Waals surface area contributed by atoms with Crippen LogP contribution in [0.5, 0.6) is 11.5 Å². The van der Waals surface area contributed by atoms with Gasteiger partial charge in [0, 0.05) is 29.0 Å². The Morgan fingerprint density at radius 1 is 1.14 bits per heavy atom. The van der Waals surface area contributed by atoms with Gasteiger partial charge in [-0.05, 0) is 35.6 Å². The lowest BCUT2D eigenvalue weighted by molar-refractivity contribution is -0.116. The number of hydrogen-bond acceptors (Lipinski definition) is 4. The van der Waals surface area contributed by atoms with E-state index in [0.29, 0.717) is 12.2 Å². The van der Waals surface area contributed by atoms with E-state index in [1.165, 1.54) is 4.90 Å². The smallest absolute Gasteiger partial charge is 0.231 e. The molecule has 1 amide bonds. The van der Waals surface area contributed by atoms with Gasteiger partial charge >= 0.3 is 0 Å². The molecule has 0 radical (unpaired) electrons. The second kappa shape index (κ2) is 5.25. The zero-order valence-corrected chi connectivity index (χ0v) is 12.9. The lowest BCUT2D eigenvalue weighted by Crippen LogP contribution is -2.23. The molecule has 2 aromatic carbocycles. The Balaban J connectivity index is 1.79. The summed E-state index contributed by atoms with van der Waals surface area (Å²) in [5, 5.41) is 2.93. The Labute approximate surface area is 132 Å². The molecule has 2 heterocycles. The molecule has 1 N–H and O–H groups in total. The van der Waals surface area contributed by atoms with Crippen molar-refractivity contribution in [3.05, 3.63) is 47.5 Å². The van der Waals surface area contributed by atoms with Gasteiger partial charge in [-0.25, -0.2) is 0 Å². The maximum absolute atomic E-state index is 12.0. The predicted octanol–water partition coefficient (Wildman–Crippen LogP) is 3.61. The molecule has 0 fully saturated rings. The number of rotatable bonds is 2. The van der Waals surface area contributed by atoms with Crippen LogP contribution in [-0.2, 0) is 4.79 Å². The van der Waals surface area contributed by atoms with Crippen LogP contribution in [0.1, 0.15) is 23.5 Å². The van der Waals surface area contributed by atoms with Crippen molar-refractivity contribution in [2.45, 2.75) is 17.2 Å². The van der Waals surface area contributed by atoms with Gasteiger partial charge < -0.3 is 14.8 Å². The number of carbonyl (C=O) groups is 1. The average Bonchev–Trinajstić information content (AvgIpc) is 2.99. The quantitative estimate of drug-likeness (QED) is 0.860. The van der Waals surface area contributed by atoms with Gasteiger partial charge in [-0.2, -0.15) is 0 Å². The summed E-state index contributed by atoms with van der Waals surface area (Å²) in [5.41, 5.74) is 3.05. The number of fused-ring (bicyclic) bond motifs is 2. The number of amides is 1. The highest BCUT2D eigenvalue weighted by molar-refractivity contribution is 7.98. The summed E-state index contributed by atoms with van der Waals surface area (Å²) < 4.78 is 10.9. The molecule has 0 saturated carbocycles. The fraction of sp³-hybridized carbons (Fsp3) is 0.235. The van der Waals surface area contributed by atoms with Gasteiger partial charge in [0.1, 0.15) is 0 Å². The molecule has 0 spiro atoms. The molecule has 1 atom stereocenters. The van der Waals surface area contributed by atoms with Gasteiger partial charge in [0.05, 0.1) is 0 Å². The highest BCUT2D eigenvalue weighted by Gasteiger charge is 2.29. The maximum Gasteiger partial charge on any atom is 0.231 e. The monoisotopic (exact) mass is 313 g/mol. The highest BCUT2D eigenvalue weighted by atomic mass is 32.2. The lowest BCUT2D eigenvalue weighted by atomic mass is 9.84. The normalized spacial score (nSPS) is 18.8. The van der Waals surface area contributed by atoms with Crippen LogP contribution in [-0.4, -0.2) is 19.0 Å². The molecule has 0 bridgehead atoms. The summed E-state index contributed by atoms with van der Waals surface area (Å²) in [6.07, 6.45) is 2.50. The van der Waals surface area contributed by atoms with Gasteiger partial charge in [-0.15, -0.1) is 11.8 Å². The molecule has 0 aromatic heterocycles. The Morgan fingerprint density at radius 3 is 2.59 bits per heavy atom. The molecule has 0 aliphatic carbocycles. The number of hydrogen-bond donors (Lipinski definition) is 1. The number of ether oxygens (including phenoxy) is 2. The zero-order valence-electron chi connectivity index (χ0n) is 12.1. The number of thioether (sulfide) groups is 1. The first-order valence-corrected chi connectivity index (χ1v) is 8.34. The highest BCUT2D eigenvalue weighted by Crippen LogP contribution is 2.44. The molecule has 2 aliphatic heterocycles. The van der Waals surface area contributed by atoms with Crippen molar-refractivity contribution in [3.8, 4) is 11.5 Å². The van der Waals surface area contributed by atoms with E-state index in [4.69, 9.17) is 9.47 Å². The minimum Gasteiger partial charge on any atom is -0.454 e. The molecule has 22 heavy (non-hydrogen) atoms. The summed E-state index contributed by atoms with van der Waals surface area (Å²) in [5.74, 6) is 1.53. The minimum absolute atomic E-state index is 0.0327. The van der Waals surface area contributed by atoms with E-state index >= 15 is 0 Å². The van der Waals surface area contributed by atoms with Crippen LogP contribution in [0.2, 0.25) is 0 Å². The van der Waals surface area contributed by atoms with Crippen molar-refractivity contribution in [1.29, 1.82) is 0 Å². The van der Waals surface area contributed by atoms with Crippen LogP contribution in [0.25, 0.3) is 0 Å². The molecule has 4 rings (SSSR count). The van der Waals surface area contributed by atoms with Crippen LogP contribution in [0.15, 0.2) is 41.3 Å². The van der Waals surface area contributed by atoms with Crippen LogP contribution in [0.4, 0.5) is 5.69 Å². The first kappa shape index (κ1) is 13.5. The standard InChI is InChI=1S/C17H15NO3S/c1-22-11-4-2-10(3-5-11)12-7-17(19)18-14-8-16-15(6-13(12)14)20-9-21-16/h2-6,8,12H,7,9H2,1H3,(H,18,19). The maximum atomic E-state index is 12.0. The molecule has 4 nitrogen and oxygen atoms in total. The van der Waals surface area contributed by atoms with Crippen LogP contribution in [0.3, 0.4) is 0 Å². The molecular weight excluding hydrogens is 298 g/mol. The van der Waals surface area contributed by atoms with E-state index in [0.717, 1.165) is 22.6 Å². The molecular formula is C17H15NO3S. The van der Waals surface area contributed by atoms with Crippen LogP contribution >= 0.6 is 11.8 Å². The van der Waals surface area contributed by atoms with Gasteiger partial charge in [-0.1, -0.05) is 12.1 Å². The second-order valence-electron chi connectivity index (χ2n) is 5.37. The summed E-state index contributed by atoms with van der Waals surface area (Å²) in [7, 11) is 0. The average molecular weight is 313 g/mol. The first-order valence-electron chi connectivity index (χ1n) is 7.12. The zero-order chi connectivity index (χ0) is 15.1. The Hall–Kier alpha value is -2.14. The van der Waals surface area contributed by atoms with Crippen molar-refractivity contribution in [2.24, 2.45) is 0 Å². The van der Waals surface area contributed by atoms with Crippen LogP contribution < -0.4 is 14.8 Å². The molecule has 2 aliphatic rings. The minimum atomic E-state index is 0.0327. The van der Waals surface area contributed by atoms with Gasteiger partial charge in [0.25, 0.3) is 0 Å². The molecule has 5 heteroatoms. The molecule has 0 saturated heterocycles. The number of anilines is 1. The summed E-state index contributed by atoms with van der Waals surface area (Å²) >= 11 is 1.71. The number of carbonyl (C=O) groups excluding carboxylic acids is 1. The Kier molecular flexibility index (Phi) is 3.22. The molecule has 112 valence electrons. The molecule has 1 unspecified atom stereocenters. The number of nitrogens with one attached hydrogen (secondary N) is 1. The van der Waals surface area contributed by atoms with Crippen molar-refractivity contribution in [2.75, 3.05) is 18.4 Å². The van der Waals surface area contributed by atoms with Crippen molar-refractivity contribution < 1.29 is 14.3 Å². The summed E-state index contributed by atoms with van der Waals surface area (Å²) in [6.45, 7) is 0.235. The fourth-order valence-corrected chi connectivity index (χ4v) is 3.39. The van der Waals surface area contributed by atoms with Crippen molar-refractivity contribution in [1.82, 2.24) is 0 Å². The summed E-state index contributed by atoms with van der Waals surface area (Å²) in [4.78, 5) is 13.3. The third-order valence-corrected chi connectivity index (χ3v) is 4.85. The van der Waals surface area contributed by atoms with Crippen molar-refractivity contribution >= 4 is 23.4 Å². The van der Waals surface area contributed by atoms with E-state index in [-0.39, 0.29) is 18.6 Å². The fourth-order valence-electron chi connectivity index (χ4n) is 2.98. The largest absolute Gasteiger partial charge is 0.454 e. The van der Waals surface area contributed by atoms with E-state index in [1.807, 2.05) is 12.1 Å². The third-order valence-electron chi connectivity index (χ3n) is 4.10. The van der Waals surface area contributed by atoms with E-state index in [9.17, 15) is 4.79 Å². The van der Waals surface area contributed by atoms with Crippen LogP contribution in [0, 0.1) is 0 Å². The topological polar surface area (TPSA) is 47.6 Å². The van der Waals surface area contributed by atoms with E-state index in [1.54, 1.807) is 11.8 Å². The lowest BCUT2D eigenvalue weighted by Gasteiger charge is -2.26. The Bertz CT molecular complexity index is 742. The van der Waals surface area contributed by atoms with Crippen molar-refractivity contribution in [3.63, 3.8) is 0 Å². The van der Waals surface area contributed by atoms with Gasteiger partial charge in [0.15, 0.2) is 11.5 Å². The van der Waals surface area contributed by atoms with Gasteiger partial charge in [-0.3, -0.25) is 4.79 Å². The SMILES string of the molecule is CSc1ccc(C2CC(=O)Nc3cc4c(cc32)OCO4)cc1. The first-order chi connectivity index (χ1) is 10.7. The number of benzene rings is 2.